The number of carbonyl (C=O) groups excluding carboxylic acids is 1. The monoisotopic (exact) mass is 313 g/mol. The van der Waals surface area contributed by atoms with E-state index in [0.717, 1.165) is 0 Å². The number of benzene rings is 2. The summed E-state index contributed by atoms with van der Waals surface area (Å²) in [5, 5.41) is 32.3. The van der Waals surface area contributed by atoms with E-state index in [9.17, 15) is 4.79 Å². The Hall–Kier alpha value is -4.08. The van der Waals surface area contributed by atoms with Crippen molar-refractivity contribution in [3.8, 4) is 18.2 Å². The Kier molecular flexibility index (Phi) is 5.29. The van der Waals surface area contributed by atoms with E-state index in [0.29, 0.717) is 11.4 Å². The third kappa shape index (κ3) is 3.76. The minimum atomic E-state index is -0.378. The molecule has 0 bridgehead atoms. The predicted molar refractivity (Wildman–Crippen MR) is 88.3 cm³/mol. The number of para-hydroxylation sites is 2. The van der Waals surface area contributed by atoms with Gasteiger partial charge in [0.1, 0.15) is 23.9 Å². The molecule has 6 heteroatoms. The first kappa shape index (κ1) is 16.3. The summed E-state index contributed by atoms with van der Waals surface area (Å²) < 4.78 is 0. The second kappa shape index (κ2) is 7.79. The van der Waals surface area contributed by atoms with E-state index in [2.05, 4.69) is 10.6 Å². The maximum atomic E-state index is 12.4. The zero-order valence-electron chi connectivity index (χ0n) is 12.4. The van der Waals surface area contributed by atoms with Crippen molar-refractivity contribution >= 4 is 17.3 Å². The highest BCUT2D eigenvalue weighted by molar-refractivity contribution is 6.08. The number of anilines is 2. The lowest BCUT2D eigenvalue weighted by atomic mass is 10.1. The summed E-state index contributed by atoms with van der Waals surface area (Å²) in [7, 11) is 0. The number of allylic oxidation sites excluding steroid dienone is 2. The van der Waals surface area contributed by atoms with E-state index >= 15 is 0 Å². The summed E-state index contributed by atoms with van der Waals surface area (Å²) >= 11 is 0. The van der Waals surface area contributed by atoms with Crippen molar-refractivity contribution in [2.24, 2.45) is 0 Å². The van der Waals surface area contributed by atoms with Crippen LogP contribution in [-0.2, 0) is 0 Å². The topological polar surface area (TPSA) is 112 Å². The predicted octanol–water partition coefficient (Wildman–Crippen LogP) is 3.18. The summed E-state index contributed by atoms with van der Waals surface area (Å²) in [6.45, 7) is 0. The number of nitrogens with zero attached hydrogens (tertiary/aromatic N) is 3. The average molecular weight is 313 g/mol. The molecule has 0 aliphatic carbocycles. The van der Waals surface area contributed by atoms with Gasteiger partial charge >= 0.3 is 0 Å². The Morgan fingerprint density at radius 3 is 2.04 bits per heavy atom. The number of hydrogen-bond acceptors (Lipinski definition) is 5. The van der Waals surface area contributed by atoms with Crippen molar-refractivity contribution in [1.82, 2.24) is 0 Å². The molecule has 0 atom stereocenters. The molecule has 0 radical (unpaired) electrons. The minimum absolute atomic E-state index is 0.208. The molecule has 2 N–H and O–H groups in total. The standard InChI is InChI=1S/C18H11N5O/c19-10-13(11-20)17(12-21)23-16-9-5-4-8-15(16)18(24)22-14-6-2-1-3-7-14/h1-9,23H,(H,22,24). The lowest BCUT2D eigenvalue weighted by Gasteiger charge is -2.11. The third-order valence-corrected chi connectivity index (χ3v) is 3.05. The molecule has 6 nitrogen and oxygen atoms in total. The molecule has 1 amide bonds. The molecule has 114 valence electrons. The van der Waals surface area contributed by atoms with Gasteiger partial charge in [0.2, 0.25) is 0 Å². The number of amides is 1. The number of hydrogen-bond donors (Lipinski definition) is 2. The van der Waals surface area contributed by atoms with Gasteiger partial charge in [-0.3, -0.25) is 4.79 Å². The van der Waals surface area contributed by atoms with E-state index in [1.165, 1.54) is 0 Å². The van der Waals surface area contributed by atoms with Crippen molar-refractivity contribution in [2.45, 2.75) is 0 Å². The first-order valence-corrected chi connectivity index (χ1v) is 6.86. The van der Waals surface area contributed by atoms with Gasteiger partial charge in [-0.1, -0.05) is 30.3 Å². The molecule has 2 rings (SSSR count). The zero-order valence-corrected chi connectivity index (χ0v) is 12.4. The summed E-state index contributed by atoms with van der Waals surface area (Å²) in [5.74, 6) is -0.378. The van der Waals surface area contributed by atoms with Crippen LogP contribution < -0.4 is 10.6 Å². The van der Waals surface area contributed by atoms with Gasteiger partial charge in [0.15, 0.2) is 5.57 Å². The van der Waals surface area contributed by atoms with Crippen LogP contribution >= 0.6 is 0 Å². The van der Waals surface area contributed by atoms with Crippen LogP contribution in [0.1, 0.15) is 10.4 Å². The van der Waals surface area contributed by atoms with Gasteiger partial charge in [0, 0.05) is 5.69 Å². The van der Waals surface area contributed by atoms with E-state index in [4.69, 9.17) is 15.8 Å². The van der Waals surface area contributed by atoms with Crippen molar-refractivity contribution in [2.75, 3.05) is 10.6 Å². The maximum Gasteiger partial charge on any atom is 0.257 e. The number of carbonyl (C=O) groups is 1. The van der Waals surface area contributed by atoms with Gasteiger partial charge in [-0.15, -0.1) is 0 Å². The van der Waals surface area contributed by atoms with Gasteiger partial charge in [-0.05, 0) is 24.3 Å². The molecule has 2 aromatic carbocycles. The Balaban J connectivity index is 2.33. The Bertz CT molecular complexity index is 895. The van der Waals surface area contributed by atoms with Crippen molar-refractivity contribution < 1.29 is 4.79 Å². The fourth-order valence-electron chi connectivity index (χ4n) is 1.93. The molecular formula is C18H11N5O. The van der Waals surface area contributed by atoms with Gasteiger partial charge in [0.25, 0.3) is 5.91 Å². The first-order chi connectivity index (χ1) is 11.7. The molecule has 0 fully saturated rings. The van der Waals surface area contributed by atoms with Crippen molar-refractivity contribution in [1.29, 1.82) is 15.8 Å². The molecule has 0 saturated heterocycles. The van der Waals surface area contributed by atoms with Crippen LogP contribution in [0, 0.1) is 34.0 Å². The fraction of sp³-hybridized carbons (Fsp3) is 0. The highest BCUT2D eigenvalue weighted by atomic mass is 16.1. The van der Waals surface area contributed by atoms with Crippen molar-refractivity contribution in [3.63, 3.8) is 0 Å². The first-order valence-electron chi connectivity index (χ1n) is 6.86. The molecule has 0 aliphatic heterocycles. The summed E-state index contributed by atoms with van der Waals surface area (Å²) in [6, 6.07) is 20.5. The number of nitriles is 3. The van der Waals surface area contributed by atoms with Crippen LogP contribution in [0.2, 0.25) is 0 Å². The quantitative estimate of drug-likeness (QED) is 0.842. The minimum Gasteiger partial charge on any atom is -0.344 e. The molecule has 0 saturated carbocycles. The Morgan fingerprint density at radius 1 is 0.792 bits per heavy atom. The summed E-state index contributed by atoms with van der Waals surface area (Å²) in [5.41, 5.74) is 0.675. The normalized spacial score (nSPS) is 8.88. The highest BCUT2D eigenvalue weighted by Crippen LogP contribution is 2.20. The molecular weight excluding hydrogens is 302 g/mol. The van der Waals surface area contributed by atoms with E-state index < -0.39 is 0 Å². The average Bonchev–Trinajstić information content (AvgIpc) is 2.63. The van der Waals surface area contributed by atoms with Crippen LogP contribution in [0.25, 0.3) is 0 Å². The van der Waals surface area contributed by atoms with Crippen molar-refractivity contribution in [3.05, 3.63) is 71.4 Å². The third-order valence-electron chi connectivity index (χ3n) is 3.05. The second-order valence-electron chi connectivity index (χ2n) is 4.58. The zero-order chi connectivity index (χ0) is 17.4. The van der Waals surface area contributed by atoms with Crippen LogP contribution in [-0.4, -0.2) is 5.91 Å². The molecule has 0 aromatic heterocycles. The largest absolute Gasteiger partial charge is 0.344 e. The smallest absolute Gasteiger partial charge is 0.257 e. The van der Waals surface area contributed by atoms with Crippen LogP contribution in [0.3, 0.4) is 0 Å². The SMILES string of the molecule is N#CC(C#N)=C(C#N)Nc1ccccc1C(=O)Nc1ccccc1. The van der Waals surface area contributed by atoms with Gasteiger partial charge in [0.05, 0.1) is 11.3 Å². The Morgan fingerprint density at radius 2 is 1.42 bits per heavy atom. The van der Waals surface area contributed by atoms with E-state index in [1.54, 1.807) is 66.7 Å². The number of rotatable bonds is 4. The number of nitrogens with one attached hydrogen (secondary N) is 2. The van der Waals surface area contributed by atoms with Crippen LogP contribution in [0.15, 0.2) is 65.9 Å². The highest BCUT2D eigenvalue weighted by Gasteiger charge is 2.14. The van der Waals surface area contributed by atoms with Gasteiger partial charge < -0.3 is 10.6 Å². The maximum absolute atomic E-state index is 12.4. The molecule has 0 aliphatic rings. The van der Waals surface area contributed by atoms with Gasteiger partial charge in [-0.2, -0.15) is 15.8 Å². The Labute approximate surface area is 138 Å². The summed E-state index contributed by atoms with van der Waals surface area (Å²) in [6.07, 6.45) is 0. The molecule has 0 unspecified atom stereocenters. The molecule has 0 heterocycles. The van der Waals surface area contributed by atoms with Crippen LogP contribution in [0.5, 0.6) is 0 Å². The lowest BCUT2D eigenvalue weighted by Crippen LogP contribution is -2.14. The molecule has 0 spiro atoms. The van der Waals surface area contributed by atoms with E-state index in [-0.39, 0.29) is 22.7 Å². The fourth-order valence-corrected chi connectivity index (χ4v) is 1.93. The molecule has 24 heavy (non-hydrogen) atoms. The second-order valence-corrected chi connectivity index (χ2v) is 4.58. The van der Waals surface area contributed by atoms with E-state index in [1.807, 2.05) is 6.07 Å². The molecule has 2 aromatic rings. The lowest BCUT2D eigenvalue weighted by molar-refractivity contribution is 0.102. The summed E-state index contributed by atoms with van der Waals surface area (Å²) in [4.78, 5) is 12.4. The van der Waals surface area contributed by atoms with Crippen LogP contribution in [0.4, 0.5) is 11.4 Å². The van der Waals surface area contributed by atoms with Gasteiger partial charge in [-0.25, -0.2) is 0 Å².